The molecular formula is C24H30N4O2. The highest BCUT2D eigenvalue weighted by atomic mass is 16.2. The second-order valence-corrected chi connectivity index (χ2v) is 8.72. The first-order valence-corrected chi connectivity index (χ1v) is 10.7. The summed E-state index contributed by atoms with van der Waals surface area (Å²) in [5.74, 6) is 0.198. The monoisotopic (exact) mass is 406 g/mol. The third-order valence-electron chi connectivity index (χ3n) is 6.38. The molecule has 2 N–H and O–H groups in total. The van der Waals surface area contributed by atoms with E-state index in [1.165, 1.54) is 5.69 Å². The molecule has 0 radical (unpaired) electrons. The van der Waals surface area contributed by atoms with Crippen LogP contribution < -0.4 is 15.6 Å². The van der Waals surface area contributed by atoms with Gasteiger partial charge in [-0.3, -0.25) is 10.2 Å². The van der Waals surface area contributed by atoms with Gasteiger partial charge in [0.1, 0.15) is 0 Å². The first-order valence-electron chi connectivity index (χ1n) is 10.7. The van der Waals surface area contributed by atoms with Gasteiger partial charge in [-0.2, -0.15) is 0 Å². The van der Waals surface area contributed by atoms with Gasteiger partial charge in [0, 0.05) is 24.5 Å². The number of hydrogen-bond donors (Lipinski definition) is 2. The van der Waals surface area contributed by atoms with Crippen molar-refractivity contribution in [3.63, 3.8) is 0 Å². The highest BCUT2D eigenvalue weighted by Crippen LogP contribution is 2.37. The van der Waals surface area contributed by atoms with Crippen molar-refractivity contribution in [2.24, 2.45) is 0 Å². The Hall–Kier alpha value is -3.02. The van der Waals surface area contributed by atoms with Crippen LogP contribution in [0.4, 0.5) is 16.2 Å². The fraction of sp³-hybridized carbons (Fsp3) is 0.417. The average Bonchev–Trinajstić information content (AvgIpc) is 3.06. The van der Waals surface area contributed by atoms with Gasteiger partial charge in [0.05, 0.1) is 12.0 Å². The Balaban J connectivity index is 1.53. The van der Waals surface area contributed by atoms with Crippen LogP contribution >= 0.6 is 0 Å². The Bertz CT molecular complexity index is 933. The van der Waals surface area contributed by atoms with Crippen LogP contribution in [-0.4, -0.2) is 35.6 Å². The van der Waals surface area contributed by atoms with Gasteiger partial charge in [-0.15, -0.1) is 0 Å². The van der Waals surface area contributed by atoms with E-state index in [9.17, 15) is 9.59 Å². The number of carbonyl (C=O) groups is 2. The zero-order chi connectivity index (χ0) is 21.3. The highest BCUT2D eigenvalue weighted by Gasteiger charge is 2.49. The van der Waals surface area contributed by atoms with Crippen LogP contribution in [0, 0.1) is 6.92 Å². The van der Waals surface area contributed by atoms with E-state index < -0.39 is 5.54 Å². The second kappa shape index (κ2) is 8.01. The molecule has 2 saturated heterocycles. The minimum atomic E-state index is -0.479. The van der Waals surface area contributed by atoms with Crippen molar-refractivity contribution in [1.29, 1.82) is 0 Å². The molecule has 0 atom stereocenters. The highest BCUT2D eigenvalue weighted by molar-refractivity contribution is 5.95. The lowest BCUT2D eigenvalue weighted by atomic mass is 9.84. The number of hydrogen-bond acceptors (Lipinski definition) is 3. The van der Waals surface area contributed by atoms with Crippen LogP contribution in [0.3, 0.4) is 0 Å². The minimum absolute atomic E-state index is 0.0906. The van der Waals surface area contributed by atoms with E-state index in [0.717, 1.165) is 42.7 Å². The summed E-state index contributed by atoms with van der Waals surface area (Å²) < 4.78 is 0. The molecule has 1 spiro atoms. The molecule has 0 bridgehead atoms. The molecule has 0 aliphatic carbocycles. The van der Waals surface area contributed by atoms with Crippen LogP contribution in [0.15, 0.2) is 48.5 Å². The molecule has 2 aliphatic heterocycles. The number of piperidine rings is 1. The van der Waals surface area contributed by atoms with Crippen molar-refractivity contribution in [2.45, 2.75) is 51.5 Å². The van der Waals surface area contributed by atoms with Crippen molar-refractivity contribution in [3.05, 3.63) is 59.7 Å². The van der Waals surface area contributed by atoms with Crippen molar-refractivity contribution in [1.82, 2.24) is 10.4 Å². The normalized spacial score (nSPS) is 18.1. The Morgan fingerprint density at radius 2 is 1.77 bits per heavy atom. The second-order valence-electron chi connectivity index (χ2n) is 8.72. The largest absolute Gasteiger partial charge is 0.371 e. The summed E-state index contributed by atoms with van der Waals surface area (Å²) >= 11 is 0. The van der Waals surface area contributed by atoms with Crippen molar-refractivity contribution in [2.75, 3.05) is 23.3 Å². The average molecular weight is 407 g/mol. The standard InChI is InChI=1S/C24H30N4O2/c1-17(2)20-11-7-8-18(3)22(20)25-23(30)28-24(16-21(29)26-28)12-14-27(15-13-24)19-9-5-4-6-10-19/h4-11,17H,12-16H2,1-3H3,(H,25,30)(H,26,29). The van der Waals surface area contributed by atoms with Gasteiger partial charge >= 0.3 is 6.03 Å². The van der Waals surface area contributed by atoms with Gasteiger partial charge in [0.25, 0.3) is 0 Å². The maximum atomic E-state index is 13.3. The molecule has 6 heteroatoms. The number of hydrazine groups is 1. The summed E-state index contributed by atoms with van der Waals surface area (Å²) in [7, 11) is 0. The molecule has 2 heterocycles. The Morgan fingerprint density at radius 1 is 1.07 bits per heavy atom. The molecule has 3 amide bonds. The van der Waals surface area contributed by atoms with Gasteiger partial charge < -0.3 is 10.2 Å². The summed E-state index contributed by atoms with van der Waals surface area (Å²) in [6.07, 6.45) is 1.85. The summed E-state index contributed by atoms with van der Waals surface area (Å²) in [5.41, 5.74) is 6.49. The van der Waals surface area contributed by atoms with E-state index in [4.69, 9.17) is 0 Å². The van der Waals surface area contributed by atoms with Crippen molar-refractivity contribution < 1.29 is 9.59 Å². The third kappa shape index (κ3) is 3.74. The van der Waals surface area contributed by atoms with Crippen molar-refractivity contribution >= 4 is 23.3 Å². The molecule has 4 rings (SSSR count). The number of urea groups is 1. The van der Waals surface area contributed by atoms with Crippen LogP contribution in [0.1, 0.15) is 50.2 Å². The van der Waals surface area contributed by atoms with Crippen LogP contribution in [0.5, 0.6) is 0 Å². The lowest BCUT2D eigenvalue weighted by molar-refractivity contribution is -0.120. The Kier molecular flexibility index (Phi) is 5.41. The first-order chi connectivity index (χ1) is 14.4. The molecule has 2 fully saturated rings. The maximum absolute atomic E-state index is 13.3. The molecule has 158 valence electrons. The number of nitrogens with zero attached hydrogens (tertiary/aromatic N) is 2. The number of anilines is 2. The Morgan fingerprint density at radius 3 is 2.43 bits per heavy atom. The van der Waals surface area contributed by atoms with E-state index in [2.05, 4.69) is 41.6 Å². The number of para-hydroxylation sites is 2. The predicted octanol–water partition coefficient (Wildman–Crippen LogP) is 4.43. The van der Waals surface area contributed by atoms with Gasteiger partial charge in [-0.1, -0.05) is 50.2 Å². The van der Waals surface area contributed by atoms with Crippen molar-refractivity contribution in [3.8, 4) is 0 Å². The van der Waals surface area contributed by atoms with Gasteiger partial charge in [-0.05, 0) is 48.9 Å². The van der Waals surface area contributed by atoms with E-state index in [1.54, 1.807) is 5.01 Å². The van der Waals surface area contributed by atoms with Crippen LogP contribution in [0.25, 0.3) is 0 Å². The van der Waals surface area contributed by atoms with E-state index in [0.29, 0.717) is 6.42 Å². The fourth-order valence-electron chi connectivity index (χ4n) is 4.65. The van der Waals surface area contributed by atoms with Gasteiger partial charge in [0.2, 0.25) is 5.91 Å². The zero-order valence-corrected chi connectivity index (χ0v) is 17.9. The topological polar surface area (TPSA) is 64.7 Å². The molecule has 0 unspecified atom stereocenters. The molecule has 2 aliphatic rings. The minimum Gasteiger partial charge on any atom is -0.371 e. The summed E-state index contributed by atoms with van der Waals surface area (Å²) in [5, 5.41) is 4.66. The summed E-state index contributed by atoms with van der Waals surface area (Å²) in [4.78, 5) is 28.0. The SMILES string of the molecule is Cc1cccc(C(C)C)c1NC(=O)N1NC(=O)CC12CCN(c1ccccc1)CC2. The van der Waals surface area contributed by atoms with Gasteiger partial charge in [-0.25, -0.2) is 9.80 Å². The lowest BCUT2D eigenvalue weighted by Crippen LogP contribution is -2.58. The predicted molar refractivity (Wildman–Crippen MR) is 120 cm³/mol. The van der Waals surface area contributed by atoms with Gasteiger partial charge in [0.15, 0.2) is 0 Å². The summed E-state index contributed by atoms with van der Waals surface area (Å²) in [6.45, 7) is 7.85. The Labute approximate surface area is 178 Å². The molecule has 0 aromatic heterocycles. The molecule has 30 heavy (non-hydrogen) atoms. The third-order valence-corrected chi connectivity index (χ3v) is 6.38. The molecule has 6 nitrogen and oxygen atoms in total. The number of rotatable bonds is 3. The van der Waals surface area contributed by atoms with Crippen LogP contribution in [-0.2, 0) is 4.79 Å². The smallest absolute Gasteiger partial charge is 0.341 e. The first kappa shape index (κ1) is 20.3. The number of nitrogens with one attached hydrogen (secondary N) is 2. The fourth-order valence-corrected chi connectivity index (χ4v) is 4.65. The number of amides is 3. The molecule has 2 aromatic rings. The molecule has 0 saturated carbocycles. The lowest BCUT2D eigenvalue weighted by Gasteiger charge is -2.44. The molecule has 2 aromatic carbocycles. The van der Waals surface area contributed by atoms with E-state index >= 15 is 0 Å². The number of benzene rings is 2. The zero-order valence-electron chi connectivity index (χ0n) is 17.9. The van der Waals surface area contributed by atoms with E-state index in [-0.39, 0.29) is 17.9 Å². The summed E-state index contributed by atoms with van der Waals surface area (Å²) in [6, 6.07) is 16.1. The number of carbonyl (C=O) groups excluding carboxylic acids is 2. The molecular weight excluding hydrogens is 376 g/mol. The van der Waals surface area contributed by atoms with Crippen LogP contribution in [0.2, 0.25) is 0 Å². The maximum Gasteiger partial charge on any atom is 0.341 e. The quantitative estimate of drug-likeness (QED) is 0.793. The number of aryl methyl sites for hydroxylation is 1. The van der Waals surface area contributed by atoms with E-state index in [1.807, 2.05) is 43.3 Å².